The van der Waals surface area contributed by atoms with Gasteiger partial charge in [-0.1, -0.05) is 12.1 Å². The lowest BCUT2D eigenvalue weighted by atomic mass is 9.90. The Morgan fingerprint density at radius 3 is 2.33 bits per heavy atom. The van der Waals surface area contributed by atoms with Crippen molar-refractivity contribution in [2.75, 3.05) is 20.1 Å². The lowest BCUT2D eigenvalue weighted by Gasteiger charge is -2.32. The highest BCUT2D eigenvalue weighted by molar-refractivity contribution is 6.51. The van der Waals surface area contributed by atoms with E-state index in [4.69, 9.17) is 14.4 Å². The van der Waals surface area contributed by atoms with E-state index in [0.29, 0.717) is 13.1 Å². The second-order valence-corrected chi connectivity index (χ2v) is 6.53. The quantitative estimate of drug-likeness (QED) is 0.731. The number of nitrogens with zero attached hydrogens (tertiary/aromatic N) is 1. The van der Waals surface area contributed by atoms with Crippen molar-refractivity contribution in [3.8, 4) is 0 Å². The summed E-state index contributed by atoms with van der Waals surface area (Å²) in [4.78, 5) is 12.5. The van der Waals surface area contributed by atoms with E-state index in [1.807, 2.05) is 53.7 Å². The average molecular weight is 298 g/mol. The fourth-order valence-corrected chi connectivity index (χ4v) is 1.88. The van der Waals surface area contributed by atoms with Crippen molar-refractivity contribution in [3.63, 3.8) is 0 Å². The van der Waals surface area contributed by atoms with Crippen LogP contribution in [0, 0.1) is 0 Å². The van der Waals surface area contributed by atoms with E-state index in [1.165, 1.54) is 0 Å². The first-order chi connectivity index (χ1) is 9.55. The van der Waals surface area contributed by atoms with Crippen LogP contribution in [0.4, 0.5) is 4.79 Å². The van der Waals surface area contributed by atoms with E-state index in [0.717, 1.165) is 0 Å². The van der Waals surface area contributed by atoms with Crippen LogP contribution in [0.25, 0.3) is 0 Å². The van der Waals surface area contributed by atoms with Gasteiger partial charge in [0, 0.05) is 19.1 Å². The third kappa shape index (κ3) is 5.02. The summed E-state index contributed by atoms with van der Waals surface area (Å²) in [6.45, 7) is 11.2. The molecule has 0 radical (unpaired) electrons. The van der Waals surface area contributed by atoms with Crippen LogP contribution in [0.2, 0.25) is 0 Å². The number of rotatable bonds is 6. The van der Waals surface area contributed by atoms with Gasteiger partial charge in [-0.25, -0.2) is 4.79 Å². The predicted molar refractivity (Wildman–Crippen MR) is 83.3 cm³/mol. The Balaban J connectivity index is 2.40. The zero-order valence-corrected chi connectivity index (χ0v) is 13.8. The fourth-order valence-electron chi connectivity index (χ4n) is 1.88. The van der Waals surface area contributed by atoms with Crippen LogP contribution in [-0.4, -0.2) is 60.6 Å². The highest BCUT2D eigenvalue weighted by Crippen LogP contribution is 2.36. The molecule has 7 heteroatoms. The third-order valence-corrected chi connectivity index (χ3v) is 4.26. The Morgan fingerprint density at radius 2 is 1.86 bits per heavy atom. The molecule has 0 saturated carbocycles. The number of carbonyl (C=O) groups is 1. The molecule has 1 amide bonds. The van der Waals surface area contributed by atoms with Gasteiger partial charge in [0.2, 0.25) is 0 Å². The van der Waals surface area contributed by atoms with Crippen LogP contribution >= 0.6 is 0 Å². The molecule has 1 aliphatic rings. The largest absolute Gasteiger partial charge is 0.486 e. The lowest BCUT2D eigenvalue weighted by molar-refractivity contribution is 0.00578. The van der Waals surface area contributed by atoms with E-state index in [2.05, 4.69) is 10.2 Å². The summed E-state index contributed by atoms with van der Waals surface area (Å²) in [5.74, 6) is 1.91. The molecule has 6 nitrogen and oxygen atoms in total. The SMILES string of the molecule is CC(CNC(=O)O)N(C)C/C=C/B1OC(C)(C)C(C)(C)O1. The number of carboxylic acid groups (broad SMARTS) is 1. The molecule has 21 heavy (non-hydrogen) atoms. The summed E-state index contributed by atoms with van der Waals surface area (Å²) in [7, 11) is 1.61. The molecule has 1 unspecified atom stereocenters. The Bertz CT molecular complexity index is 382. The number of hydrogen-bond donors (Lipinski definition) is 2. The van der Waals surface area contributed by atoms with E-state index in [-0.39, 0.29) is 24.4 Å². The molecule has 1 rings (SSSR count). The smallest absolute Gasteiger partial charge is 0.465 e. The average Bonchev–Trinajstić information content (AvgIpc) is 2.54. The van der Waals surface area contributed by atoms with Crippen molar-refractivity contribution >= 4 is 13.2 Å². The van der Waals surface area contributed by atoms with Crippen LogP contribution in [-0.2, 0) is 9.31 Å². The molecule has 0 bridgehead atoms. The number of likely N-dealkylation sites (N-methyl/N-ethyl adjacent to an activating group) is 1. The molecule has 0 aromatic carbocycles. The zero-order chi connectivity index (χ0) is 16.3. The van der Waals surface area contributed by atoms with Gasteiger partial charge in [0.1, 0.15) is 0 Å². The van der Waals surface area contributed by atoms with Crippen molar-refractivity contribution < 1.29 is 19.2 Å². The summed E-state index contributed by atoms with van der Waals surface area (Å²) < 4.78 is 11.7. The molecular weight excluding hydrogens is 271 g/mol. The summed E-state index contributed by atoms with van der Waals surface area (Å²) >= 11 is 0. The standard InChI is InChI=1S/C14H27BN2O4/c1-11(10-16-12(18)19)17(6)9-7-8-15-20-13(2,3)14(4,5)21-15/h7-8,11,16H,9-10H2,1-6H3,(H,18,19)/b8-7+. The first kappa shape index (κ1) is 18.0. The maximum absolute atomic E-state index is 10.5. The van der Waals surface area contributed by atoms with Gasteiger partial charge in [0.05, 0.1) is 11.2 Å². The number of amides is 1. The minimum atomic E-state index is -0.997. The van der Waals surface area contributed by atoms with Crippen molar-refractivity contribution in [2.45, 2.75) is 51.9 Å². The molecule has 0 aromatic rings. The molecule has 0 aromatic heterocycles. The third-order valence-electron chi connectivity index (χ3n) is 4.26. The Labute approximate surface area is 127 Å². The minimum Gasteiger partial charge on any atom is -0.465 e. The number of nitrogens with one attached hydrogen (secondary N) is 1. The highest BCUT2D eigenvalue weighted by atomic mass is 16.7. The van der Waals surface area contributed by atoms with Gasteiger partial charge in [-0.3, -0.25) is 4.90 Å². The second kappa shape index (κ2) is 6.81. The van der Waals surface area contributed by atoms with E-state index >= 15 is 0 Å². The molecule has 1 heterocycles. The van der Waals surface area contributed by atoms with E-state index < -0.39 is 6.09 Å². The predicted octanol–water partition coefficient (Wildman–Crippen LogP) is 1.76. The summed E-state index contributed by atoms with van der Waals surface area (Å²) in [6.07, 6.45) is 0.988. The second-order valence-electron chi connectivity index (χ2n) is 6.53. The molecule has 1 saturated heterocycles. The van der Waals surface area contributed by atoms with Crippen LogP contribution in [0.5, 0.6) is 0 Å². The fraction of sp³-hybridized carbons (Fsp3) is 0.786. The highest BCUT2D eigenvalue weighted by Gasteiger charge is 2.49. The monoisotopic (exact) mass is 298 g/mol. The van der Waals surface area contributed by atoms with Gasteiger partial charge < -0.3 is 19.7 Å². The molecule has 1 atom stereocenters. The number of hydrogen-bond acceptors (Lipinski definition) is 4. The van der Waals surface area contributed by atoms with Crippen molar-refractivity contribution in [1.82, 2.24) is 10.2 Å². The van der Waals surface area contributed by atoms with Gasteiger partial charge in [-0.2, -0.15) is 0 Å². The molecule has 1 fully saturated rings. The van der Waals surface area contributed by atoms with Gasteiger partial charge >= 0.3 is 13.2 Å². The molecule has 0 spiro atoms. The van der Waals surface area contributed by atoms with Gasteiger partial charge in [-0.05, 0) is 41.7 Å². The molecular formula is C14H27BN2O4. The Hall–Kier alpha value is -1.05. The molecule has 0 aliphatic carbocycles. The normalized spacial score (nSPS) is 22.0. The maximum atomic E-state index is 10.5. The maximum Gasteiger partial charge on any atom is 0.486 e. The van der Waals surface area contributed by atoms with Crippen LogP contribution in [0.3, 0.4) is 0 Å². The van der Waals surface area contributed by atoms with E-state index in [1.54, 1.807) is 0 Å². The summed E-state index contributed by atoms with van der Waals surface area (Å²) in [5.41, 5.74) is -0.654. The van der Waals surface area contributed by atoms with Crippen molar-refractivity contribution in [1.29, 1.82) is 0 Å². The Kier molecular flexibility index (Phi) is 5.84. The summed E-state index contributed by atoms with van der Waals surface area (Å²) in [6, 6.07) is 0.115. The molecule has 1 aliphatic heterocycles. The van der Waals surface area contributed by atoms with Crippen LogP contribution in [0.1, 0.15) is 34.6 Å². The first-order valence-corrected chi connectivity index (χ1v) is 7.24. The Morgan fingerprint density at radius 1 is 1.33 bits per heavy atom. The molecule has 2 N–H and O–H groups in total. The van der Waals surface area contributed by atoms with Crippen molar-refractivity contribution in [2.24, 2.45) is 0 Å². The lowest BCUT2D eigenvalue weighted by Crippen LogP contribution is -2.41. The van der Waals surface area contributed by atoms with Gasteiger partial charge in [0.15, 0.2) is 0 Å². The first-order valence-electron chi connectivity index (χ1n) is 7.24. The van der Waals surface area contributed by atoms with Gasteiger partial charge in [-0.15, -0.1) is 0 Å². The van der Waals surface area contributed by atoms with Crippen molar-refractivity contribution in [3.05, 3.63) is 12.1 Å². The van der Waals surface area contributed by atoms with Crippen LogP contribution < -0.4 is 5.32 Å². The van der Waals surface area contributed by atoms with Gasteiger partial charge in [0.25, 0.3) is 0 Å². The minimum absolute atomic E-state index is 0.115. The molecule has 120 valence electrons. The summed E-state index contributed by atoms with van der Waals surface area (Å²) in [5, 5.41) is 11.0. The topological polar surface area (TPSA) is 71.0 Å². The van der Waals surface area contributed by atoms with Crippen LogP contribution in [0.15, 0.2) is 12.1 Å². The zero-order valence-electron chi connectivity index (χ0n) is 13.8. The van der Waals surface area contributed by atoms with E-state index in [9.17, 15) is 4.79 Å².